The van der Waals surface area contributed by atoms with Gasteiger partial charge in [0.2, 0.25) is 0 Å². The molecule has 0 radical (unpaired) electrons. The van der Waals surface area contributed by atoms with Gasteiger partial charge in [0.15, 0.2) is 6.29 Å². The quantitative estimate of drug-likeness (QED) is 0.703. The first-order chi connectivity index (χ1) is 8.61. The minimum Gasteiger partial charge on any atom is -0.458 e. The second-order valence-electron chi connectivity index (χ2n) is 4.18. The Kier molecular flexibility index (Phi) is 4.75. The van der Waals surface area contributed by atoms with Gasteiger partial charge in [0.05, 0.1) is 12.1 Å². The minimum absolute atomic E-state index is 0.301. The van der Waals surface area contributed by atoms with Gasteiger partial charge in [-0.25, -0.2) is 0 Å². The van der Waals surface area contributed by atoms with Gasteiger partial charge < -0.3 is 19.9 Å². The number of aliphatic hydroxyl groups excluding tert-OH is 1. The molecular formula is C10H14F3NO5. The van der Waals surface area contributed by atoms with Crippen LogP contribution in [0.3, 0.4) is 0 Å². The molecule has 0 aromatic heterocycles. The molecule has 0 aliphatic carbocycles. The number of nitrogens with one attached hydrogen (secondary N) is 1. The first-order valence-electron chi connectivity index (χ1n) is 5.49. The van der Waals surface area contributed by atoms with Crippen LogP contribution in [0.5, 0.6) is 0 Å². The SMILES string of the molecule is CC(=O)O[C@H]1[C@@H](NC(=O)C(F)(F)F)C[C@H](O)O[C@H]1C. The molecule has 1 aliphatic rings. The van der Waals surface area contributed by atoms with Crippen molar-refractivity contribution in [2.45, 2.75) is 51.0 Å². The third kappa shape index (κ3) is 4.35. The lowest BCUT2D eigenvalue weighted by Crippen LogP contribution is -2.58. The zero-order chi connectivity index (χ0) is 14.8. The van der Waals surface area contributed by atoms with E-state index in [1.54, 1.807) is 5.32 Å². The highest BCUT2D eigenvalue weighted by Crippen LogP contribution is 2.23. The van der Waals surface area contributed by atoms with Crippen LogP contribution in [0.4, 0.5) is 13.2 Å². The smallest absolute Gasteiger partial charge is 0.458 e. The van der Waals surface area contributed by atoms with Crippen LogP contribution in [-0.2, 0) is 19.1 Å². The van der Waals surface area contributed by atoms with E-state index in [1.807, 2.05) is 0 Å². The van der Waals surface area contributed by atoms with E-state index in [4.69, 9.17) is 9.47 Å². The fourth-order valence-corrected chi connectivity index (χ4v) is 1.82. The van der Waals surface area contributed by atoms with Crippen molar-refractivity contribution in [2.24, 2.45) is 0 Å². The van der Waals surface area contributed by atoms with Gasteiger partial charge in [-0.1, -0.05) is 0 Å². The Bertz CT molecular complexity index is 360. The van der Waals surface area contributed by atoms with Gasteiger partial charge in [-0.15, -0.1) is 0 Å². The van der Waals surface area contributed by atoms with Crippen molar-refractivity contribution >= 4 is 11.9 Å². The third-order valence-corrected chi connectivity index (χ3v) is 2.56. The standard InChI is InChI=1S/C10H14F3NO5/c1-4-8(19-5(2)15)6(3-7(16)18-4)14-9(17)10(11,12)13/h4,6-8,16H,3H2,1-2H3,(H,14,17)/t4-,6-,7+,8+/m0/s1. The Morgan fingerprint density at radius 2 is 2.00 bits per heavy atom. The summed E-state index contributed by atoms with van der Waals surface area (Å²) in [4.78, 5) is 21.8. The maximum Gasteiger partial charge on any atom is 0.471 e. The molecule has 1 heterocycles. The molecule has 0 saturated carbocycles. The molecule has 0 spiro atoms. The monoisotopic (exact) mass is 285 g/mol. The molecule has 1 aliphatic heterocycles. The number of ether oxygens (including phenoxy) is 2. The van der Waals surface area contributed by atoms with Gasteiger partial charge in [-0.3, -0.25) is 9.59 Å². The molecule has 0 bridgehead atoms. The molecule has 0 aromatic carbocycles. The van der Waals surface area contributed by atoms with E-state index >= 15 is 0 Å². The van der Waals surface area contributed by atoms with Crippen LogP contribution in [0.25, 0.3) is 0 Å². The van der Waals surface area contributed by atoms with E-state index in [2.05, 4.69) is 0 Å². The summed E-state index contributed by atoms with van der Waals surface area (Å²) in [5, 5.41) is 11.0. The highest BCUT2D eigenvalue weighted by atomic mass is 19.4. The summed E-state index contributed by atoms with van der Waals surface area (Å²) >= 11 is 0. The summed E-state index contributed by atoms with van der Waals surface area (Å²) in [7, 11) is 0. The average molecular weight is 285 g/mol. The maximum absolute atomic E-state index is 12.2. The van der Waals surface area contributed by atoms with E-state index < -0.39 is 42.6 Å². The van der Waals surface area contributed by atoms with E-state index in [1.165, 1.54) is 6.92 Å². The second kappa shape index (κ2) is 5.74. The molecule has 1 rings (SSSR count). The number of amides is 1. The van der Waals surface area contributed by atoms with Crippen molar-refractivity contribution in [3.63, 3.8) is 0 Å². The minimum atomic E-state index is -5.05. The molecule has 110 valence electrons. The average Bonchev–Trinajstić information content (AvgIpc) is 2.21. The Balaban J connectivity index is 2.79. The van der Waals surface area contributed by atoms with Gasteiger partial charge in [0, 0.05) is 13.3 Å². The van der Waals surface area contributed by atoms with E-state index in [0.29, 0.717) is 0 Å². The van der Waals surface area contributed by atoms with E-state index in [9.17, 15) is 27.9 Å². The zero-order valence-electron chi connectivity index (χ0n) is 10.2. The first kappa shape index (κ1) is 15.7. The zero-order valence-corrected chi connectivity index (χ0v) is 10.2. The number of carbonyl (C=O) groups is 2. The topological polar surface area (TPSA) is 84.9 Å². The van der Waals surface area contributed by atoms with Crippen LogP contribution in [0, 0.1) is 0 Å². The normalized spacial score (nSPS) is 31.7. The van der Waals surface area contributed by atoms with Crippen LogP contribution in [0.2, 0.25) is 0 Å². The van der Waals surface area contributed by atoms with E-state index in [0.717, 1.165) is 6.92 Å². The summed E-state index contributed by atoms with van der Waals surface area (Å²) in [6.45, 7) is 2.50. The summed E-state index contributed by atoms with van der Waals surface area (Å²) < 4.78 is 46.3. The summed E-state index contributed by atoms with van der Waals surface area (Å²) in [6, 6.07) is -1.17. The highest BCUT2D eigenvalue weighted by molar-refractivity contribution is 5.82. The third-order valence-electron chi connectivity index (χ3n) is 2.56. The molecular weight excluding hydrogens is 271 g/mol. The lowest BCUT2D eigenvalue weighted by Gasteiger charge is -2.38. The highest BCUT2D eigenvalue weighted by Gasteiger charge is 2.45. The van der Waals surface area contributed by atoms with Crippen LogP contribution in [0.1, 0.15) is 20.3 Å². The van der Waals surface area contributed by atoms with Gasteiger partial charge in [0.1, 0.15) is 6.10 Å². The Hall–Kier alpha value is -1.35. The molecule has 19 heavy (non-hydrogen) atoms. The molecule has 9 heteroatoms. The van der Waals surface area contributed by atoms with Crippen molar-refractivity contribution in [1.82, 2.24) is 5.32 Å². The van der Waals surface area contributed by atoms with Crippen molar-refractivity contribution in [3.05, 3.63) is 0 Å². The lowest BCUT2D eigenvalue weighted by molar-refractivity contribution is -0.217. The largest absolute Gasteiger partial charge is 0.471 e. The van der Waals surface area contributed by atoms with Gasteiger partial charge in [0.25, 0.3) is 0 Å². The number of hydrogen-bond donors (Lipinski definition) is 2. The van der Waals surface area contributed by atoms with Gasteiger partial charge >= 0.3 is 18.1 Å². The first-order valence-corrected chi connectivity index (χ1v) is 5.49. The van der Waals surface area contributed by atoms with Crippen molar-refractivity contribution in [2.75, 3.05) is 0 Å². The predicted molar refractivity (Wildman–Crippen MR) is 54.7 cm³/mol. The number of esters is 1. The maximum atomic E-state index is 12.2. The number of rotatable bonds is 2. The summed E-state index contributed by atoms with van der Waals surface area (Å²) in [6.07, 6.45) is -8.61. The van der Waals surface area contributed by atoms with Crippen LogP contribution < -0.4 is 5.32 Å². The van der Waals surface area contributed by atoms with E-state index in [-0.39, 0.29) is 6.42 Å². The Labute approximate surface area is 106 Å². The van der Waals surface area contributed by atoms with Crippen molar-refractivity contribution in [1.29, 1.82) is 0 Å². The second-order valence-corrected chi connectivity index (χ2v) is 4.18. The van der Waals surface area contributed by atoms with Gasteiger partial charge in [-0.05, 0) is 6.92 Å². The molecule has 6 nitrogen and oxygen atoms in total. The molecule has 1 amide bonds. The number of halogens is 3. The number of carbonyl (C=O) groups excluding carboxylic acids is 2. The number of alkyl halides is 3. The van der Waals surface area contributed by atoms with Crippen LogP contribution in [-0.4, -0.2) is 47.7 Å². The van der Waals surface area contributed by atoms with Crippen molar-refractivity contribution in [3.8, 4) is 0 Å². The molecule has 4 atom stereocenters. The molecule has 2 N–H and O–H groups in total. The fraction of sp³-hybridized carbons (Fsp3) is 0.800. The number of aliphatic hydroxyl groups is 1. The molecule has 0 unspecified atom stereocenters. The van der Waals surface area contributed by atoms with Crippen molar-refractivity contribution < 1.29 is 37.3 Å². The molecule has 0 aromatic rings. The molecule has 1 fully saturated rings. The van der Waals surface area contributed by atoms with Crippen LogP contribution >= 0.6 is 0 Å². The van der Waals surface area contributed by atoms with Crippen LogP contribution in [0.15, 0.2) is 0 Å². The summed E-state index contributed by atoms with van der Waals surface area (Å²) in [5.41, 5.74) is 0. The predicted octanol–water partition coefficient (Wildman–Crippen LogP) is 0.0924. The summed E-state index contributed by atoms with van der Waals surface area (Å²) in [5.74, 6) is -2.88. The fourth-order valence-electron chi connectivity index (χ4n) is 1.82. The molecule has 1 saturated heterocycles. The number of hydrogen-bond acceptors (Lipinski definition) is 5. The lowest BCUT2D eigenvalue weighted by atomic mass is 9.99. The Morgan fingerprint density at radius 3 is 2.47 bits per heavy atom. The van der Waals surface area contributed by atoms with Gasteiger partial charge in [-0.2, -0.15) is 13.2 Å². The Morgan fingerprint density at radius 1 is 1.42 bits per heavy atom.